The molecule has 0 aliphatic carbocycles. The summed E-state index contributed by atoms with van der Waals surface area (Å²) in [6, 6.07) is 10.8. The molecule has 1 atom stereocenters. The first kappa shape index (κ1) is 14.8. The molecule has 2 aromatic rings. The van der Waals surface area contributed by atoms with Crippen molar-refractivity contribution in [1.82, 2.24) is 5.32 Å². The fourth-order valence-electron chi connectivity index (χ4n) is 1.81. The molecule has 0 aliphatic rings. The Morgan fingerprint density at radius 2 is 2.17 bits per heavy atom. The molecule has 5 heteroatoms. The highest BCUT2D eigenvalue weighted by atomic mass is 127. The fraction of sp³-hybridized carbons (Fsp3) is 0.231. The number of benzene rings is 1. The van der Waals surface area contributed by atoms with E-state index in [0.717, 1.165) is 15.2 Å². The highest BCUT2D eigenvalue weighted by molar-refractivity contribution is 14.1. The Morgan fingerprint density at radius 3 is 2.78 bits per heavy atom. The maximum atomic E-state index is 5.98. The molecule has 0 amide bonds. The van der Waals surface area contributed by atoms with Gasteiger partial charge in [0.25, 0.3) is 0 Å². The molecule has 0 spiro atoms. The van der Waals surface area contributed by atoms with Crippen LogP contribution in [-0.4, -0.2) is 7.05 Å². The molecular formula is C13H12BrClINS. The van der Waals surface area contributed by atoms with E-state index in [1.54, 1.807) is 11.3 Å². The summed E-state index contributed by atoms with van der Waals surface area (Å²) < 4.78 is 3.24. The van der Waals surface area contributed by atoms with Crippen molar-refractivity contribution < 1.29 is 0 Å². The molecule has 18 heavy (non-hydrogen) atoms. The zero-order valence-corrected chi connectivity index (χ0v) is 15.0. The zero-order valence-electron chi connectivity index (χ0n) is 9.71. The van der Waals surface area contributed by atoms with Crippen LogP contribution >= 0.6 is 61.5 Å². The van der Waals surface area contributed by atoms with Crippen molar-refractivity contribution in [3.8, 4) is 0 Å². The summed E-state index contributed by atoms with van der Waals surface area (Å²) in [4.78, 5) is 1.30. The highest BCUT2D eigenvalue weighted by Crippen LogP contribution is 2.30. The molecule has 0 aliphatic heterocycles. The summed E-state index contributed by atoms with van der Waals surface area (Å²) in [5, 5.41) is 3.37. The minimum atomic E-state index is 0.295. The molecule has 0 saturated heterocycles. The van der Waals surface area contributed by atoms with Gasteiger partial charge in [-0.2, -0.15) is 0 Å². The van der Waals surface area contributed by atoms with E-state index in [-0.39, 0.29) is 0 Å². The SMILES string of the molecule is CNC(Cc1ccc(Cl)s1)c1cc(I)ccc1Br. The molecule has 1 aromatic heterocycles. The molecule has 0 bridgehead atoms. The van der Waals surface area contributed by atoms with Gasteiger partial charge in [0.1, 0.15) is 0 Å². The van der Waals surface area contributed by atoms with Crippen molar-refractivity contribution in [1.29, 1.82) is 0 Å². The summed E-state index contributed by atoms with van der Waals surface area (Å²) in [5.74, 6) is 0. The normalized spacial score (nSPS) is 12.7. The predicted molar refractivity (Wildman–Crippen MR) is 91.7 cm³/mol. The van der Waals surface area contributed by atoms with Crippen LogP contribution in [0, 0.1) is 3.57 Å². The van der Waals surface area contributed by atoms with E-state index in [2.05, 4.69) is 68.1 Å². The van der Waals surface area contributed by atoms with E-state index in [1.807, 2.05) is 13.1 Å². The van der Waals surface area contributed by atoms with Gasteiger partial charge < -0.3 is 5.32 Å². The Hall–Kier alpha value is 0.380. The van der Waals surface area contributed by atoms with Crippen LogP contribution in [0.25, 0.3) is 0 Å². The lowest BCUT2D eigenvalue weighted by atomic mass is 10.0. The smallest absolute Gasteiger partial charge is 0.0931 e. The third kappa shape index (κ3) is 3.70. The minimum Gasteiger partial charge on any atom is -0.313 e. The molecule has 96 valence electrons. The zero-order chi connectivity index (χ0) is 13.1. The molecule has 2 rings (SSSR count). The second-order valence-electron chi connectivity index (χ2n) is 3.92. The first-order chi connectivity index (χ1) is 8.60. The van der Waals surface area contributed by atoms with Gasteiger partial charge in [0.15, 0.2) is 0 Å². The first-order valence-electron chi connectivity index (χ1n) is 5.46. The van der Waals surface area contributed by atoms with Crippen molar-refractivity contribution in [2.24, 2.45) is 0 Å². The second kappa shape index (κ2) is 6.70. The van der Waals surface area contributed by atoms with E-state index in [4.69, 9.17) is 11.6 Å². The lowest BCUT2D eigenvalue weighted by Gasteiger charge is -2.17. The van der Waals surface area contributed by atoms with Crippen LogP contribution in [0.3, 0.4) is 0 Å². The number of hydrogen-bond donors (Lipinski definition) is 1. The predicted octanol–water partition coefficient (Wildman–Crippen LogP) is 5.27. The Kier molecular flexibility index (Phi) is 5.50. The Labute approximate surface area is 138 Å². The Balaban J connectivity index is 2.25. The van der Waals surface area contributed by atoms with Crippen LogP contribution in [0.2, 0.25) is 4.34 Å². The lowest BCUT2D eigenvalue weighted by Crippen LogP contribution is -2.19. The number of halogens is 3. The Bertz CT molecular complexity index is 544. The van der Waals surface area contributed by atoms with Gasteiger partial charge in [0.05, 0.1) is 4.34 Å². The Morgan fingerprint density at radius 1 is 1.39 bits per heavy atom. The second-order valence-corrected chi connectivity index (χ2v) is 7.82. The molecular weight excluding hydrogens is 444 g/mol. The van der Waals surface area contributed by atoms with Gasteiger partial charge in [-0.1, -0.05) is 27.5 Å². The van der Waals surface area contributed by atoms with Crippen molar-refractivity contribution >= 4 is 61.5 Å². The van der Waals surface area contributed by atoms with Crippen LogP contribution < -0.4 is 5.32 Å². The number of likely N-dealkylation sites (N-methyl/N-ethyl adjacent to an activating group) is 1. The molecule has 1 nitrogen and oxygen atoms in total. The van der Waals surface area contributed by atoms with E-state index in [1.165, 1.54) is 14.0 Å². The van der Waals surface area contributed by atoms with Gasteiger partial charge in [0.2, 0.25) is 0 Å². The molecule has 0 fully saturated rings. The van der Waals surface area contributed by atoms with Crippen molar-refractivity contribution in [2.45, 2.75) is 12.5 Å². The van der Waals surface area contributed by atoms with Gasteiger partial charge >= 0.3 is 0 Å². The highest BCUT2D eigenvalue weighted by Gasteiger charge is 2.14. The average Bonchev–Trinajstić information content (AvgIpc) is 2.75. The fourth-order valence-corrected chi connectivity index (χ4v) is 3.98. The van der Waals surface area contributed by atoms with Gasteiger partial charge in [-0.15, -0.1) is 11.3 Å². The van der Waals surface area contributed by atoms with Crippen molar-refractivity contribution in [3.05, 3.63) is 53.2 Å². The maximum absolute atomic E-state index is 5.98. The molecule has 1 unspecified atom stereocenters. The summed E-state index contributed by atoms with van der Waals surface area (Å²) in [5.41, 5.74) is 1.29. The summed E-state index contributed by atoms with van der Waals surface area (Å²) in [7, 11) is 1.99. The van der Waals surface area contributed by atoms with E-state index in [0.29, 0.717) is 6.04 Å². The van der Waals surface area contributed by atoms with Crippen LogP contribution in [0.4, 0.5) is 0 Å². The standard InChI is InChI=1S/C13H12BrClINS/c1-17-12(7-9-3-5-13(15)18-9)10-6-8(16)2-4-11(10)14/h2-6,12,17H,7H2,1H3. The third-order valence-corrected chi connectivity index (χ3v) is 5.36. The molecule has 1 heterocycles. The van der Waals surface area contributed by atoms with Gasteiger partial charge in [0, 0.05) is 25.4 Å². The topological polar surface area (TPSA) is 12.0 Å². The minimum absolute atomic E-state index is 0.295. The van der Waals surface area contributed by atoms with Crippen LogP contribution in [0.1, 0.15) is 16.5 Å². The number of hydrogen-bond acceptors (Lipinski definition) is 2. The first-order valence-corrected chi connectivity index (χ1v) is 8.53. The average molecular weight is 457 g/mol. The lowest BCUT2D eigenvalue weighted by molar-refractivity contribution is 0.594. The van der Waals surface area contributed by atoms with Crippen molar-refractivity contribution in [2.75, 3.05) is 7.05 Å². The van der Waals surface area contributed by atoms with Gasteiger partial charge in [-0.3, -0.25) is 0 Å². The summed E-state index contributed by atoms with van der Waals surface area (Å²) >= 11 is 13.6. The molecule has 0 saturated carbocycles. The quantitative estimate of drug-likeness (QED) is 0.618. The largest absolute Gasteiger partial charge is 0.313 e. The number of rotatable bonds is 4. The summed E-state index contributed by atoms with van der Waals surface area (Å²) in [6.07, 6.45) is 0.951. The van der Waals surface area contributed by atoms with Crippen LogP contribution in [-0.2, 0) is 6.42 Å². The monoisotopic (exact) mass is 455 g/mol. The van der Waals surface area contributed by atoms with E-state index < -0.39 is 0 Å². The molecule has 1 N–H and O–H groups in total. The summed E-state index contributed by atoms with van der Waals surface area (Å²) in [6.45, 7) is 0. The van der Waals surface area contributed by atoms with Gasteiger partial charge in [-0.25, -0.2) is 0 Å². The van der Waals surface area contributed by atoms with Gasteiger partial charge in [-0.05, 0) is 65.5 Å². The number of nitrogens with one attached hydrogen (secondary N) is 1. The third-order valence-electron chi connectivity index (χ3n) is 2.72. The van der Waals surface area contributed by atoms with Crippen LogP contribution in [0.15, 0.2) is 34.8 Å². The van der Waals surface area contributed by atoms with Crippen molar-refractivity contribution in [3.63, 3.8) is 0 Å². The van der Waals surface area contributed by atoms with Crippen LogP contribution in [0.5, 0.6) is 0 Å². The maximum Gasteiger partial charge on any atom is 0.0931 e. The molecule has 1 aromatic carbocycles. The number of thiophene rings is 1. The van der Waals surface area contributed by atoms with E-state index >= 15 is 0 Å². The van der Waals surface area contributed by atoms with E-state index in [9.17, 15) is 0 Å². The molecule has 0 radical (unpaired) electrons.